The van der Waals surface area contributed by atoms with E-state index in [4.69, 9.17) is 0 Å². The molecular weight excluding hydrogens is 263 g/mol. The molecule has 0 aromatic heterocycles. The standard InChI is InChI=1S/C18H21FN2/c1-14-12-16(19)6-9-18(14)20-13-15-4-7-17(8-5-15)21-10-2-3-11-21/h4-9,12,20H,2-3,10-11,13H2,1H3. The van der Waals surface area contributed by atoms with Gasteiger partial charge in [-0.05, 0) is 61.2 Å². The minimum absolute atomic E-state index is 0.187. The van der Waals surface area contributed by atoms with Crippen LogP contribution in [-0.2, 0) is 6.54 Å². The molecule has 0 atom stereocenters. The molecule has 3 rings (SSSR count). The van der Waals surface area contributed by atoms with Crippen LogP contribution in [0.1, 0.15) is 24.0 Å². The third kappa shape index (κ3) is 3.35. The van der Waals surface area contributed by atoms with E-state index in [-0.39, 0.29) is 5.82 Å². The first-order chi connectivity index (χ1) is 10.2. The zero-order valence-corrected chi connectivity index (χ0v) is 12.4. The van der Waals surface area contributed by atoms with E-state index in [1.54, 1.807) is 12.1 Å². The highest BCUT2D eigenvalue weighted by atomic mass is 19.1. The van der Waals surface area contributed by atoms with Gasteiger partial charge in [-0.3, -0.25) is 0 Å². The number of hydrogen-bond acceptors (Lipinski definition) is 2. The lowest BCUT2D eigenvalue weighted by Crippen LogP contribution is -2.17. The molecule has 2 aromatic rings. The molecule has 3 heteroatoms. The Hall–Kier alpha value is -2.03. The number of benzene rings is 2. The first kappa shape index (κ1) is 13.9. The molecule has 1 heterocycles. The summed E-state index contributed by atoms with van der Waals surface area (Å²) in [5.74, 6) is -0.187. The number of anilines is 2. The minimum Gasteiger partial charge on any atom is -0.381 e. The molecule has 0 spiro atoms. The quantitative estimate of drug-likeness (QED) is 0.898. The van der Waals surface area contributed by atoms with E-state index in [0.717, 1.165) is 17.8 Å². The van der Waals surface area contributed by atoms with Crippen LogP contribution in [0.3, 0.4) is 0 Å². The van der Waals surface area contributed by atoms with Crippen molar-refractivity contribution in [3.8, 4) is 0 Å². The summed E-state index contributed by atoms with van der Waals surface area (Å²) in [6.07, 6.45) is 2.60. The van der Waals surface area contributed by atoms with Gasteiger partial charge in [-0.2, -0.15) is 0 Å². The van der Waals surface area contributed by atoms with Crippen molar-refractivity contribution in [2.75, 3.05) is 23.3 Å². The molecule has 0 radical (unpaired) electrons. The highest BCUT2D eigenvalue weighted by Gasteiger charge is 2.11. The molecule has 0 unspecified atom stereocenters. The van der Waals surface area contributed by atoms with E-state index in [1.165, 1.54) is 43.2 Å². The SMILES string of the molecule is Cc1cc(F)ccc1NCc1ccc(N2CCCC2)cc1. The molecule has 21 heavy (non-hydrogen) atoms. The number of hydrogen-bond donors (Lipinski definition) is 1. The lowest BCUT2D eigenvalue weighted by Gasteiger charge is -2.18. The topological polar surface area (TPSA) is 15.3 Å². The highest BCUT2D eigenvalue weighted by molar-refractivity contribution is 5.52. The van der Waals surface area contributed by atoms with Gasteiger partial charge in [0.2, 0.25) is 0 Å². The van der Waals surface area contributed by atoms with Crippen LogP contribution in [0, 0.1) is 12.7 Å². The van der Waals surface area contributed by atoms with Crippen molar-refractivity contribution >= 4 is 11.4 Å². The van der Waals surface area contributed by atoms with Gasteiger partial charge in [-0.15, -0.1) is 0 Å². The average molecular weight is 284 g/mol. The van der Waals surface area contributed by atoms with Crippen LogP contribution in [0.2, 0.25) is 0 Å². The van der Waals surface area contributed by atoms with Gasteiger partial charge >= 0.3 is 0 Å². The van der Waals surface area contributed by atoms with E-state index in [9.17, 15) is 4.39 Å². The van der Waals surface area contributed by atoms with E-state index < -0.39 is 0 Å². The van der Waals surface area contributed by atoms with Gasteiger partial charge in [-0.1, -0.05) is 12.1 Å². The van der Waals surface area contributed by atoms with Crippen LogP contribution < -0.4 is 10.2 Å². The molecule has 0 bridgehead atoms. The summed E-state index contributed by atoms with van der Waals surface area (Å²) >= 11 is 0. The van der Waals surface area contributed by atoms with Gasteiger partial charge in [0, 0.05) is 31.0 Å². The maximum Gasteiger partial charge on any atom is 0.123 e. The zero-order valence-electron chi connectivity index (χ0n) is 12.4. The molecule has 0 saturated carbocycles. The predicted molar refractivity (Wildman–Crippen MR) is 86.4 cm³/mol. The third-order valence-corrected chi connectivity index (χ3v) is 4.08. The summed E-state index contributed by atoms with van der Waals surface area (Å²) in [7, 11) is 0. The Morgan fingerprint density at radius 2 is 1.76 bits per heavy atom. The van der Waals surface area contributed by atoms with Crippen LogP contribution in [-0.4, -0.2) is 13.1 Å². The fourth-order valence-corrected chi connectivity index (χ4v) is 2.82. The van der Waals surface area contributed by atoms with Gasteiger partial charge in [0.05, 0.1) is 0 Å². The summed E-state index contributed by atoms with van der Waals surface area (Å²) in [4.78, 5) is 2.43. The smallest absolute Gasteiger partial charge is 0.123 e. The molecule has 1 aliphatic rings. The number of nitrogens with zero attached hydrogens (tertiary/aromatic N) is 1. The first-order valence-electron chi connectivity index (χ1n) is 7.56. The maximum absolute atomic E-state index is 13.1. The van der Waals surface area contributed by atoms with Crippen LogP contribution >= 0.6 is 0 Å². The van der Waals surface area contributed by atoms with Gasteiger partial charge in [-0.25, -0.2) is 4.39 Å². The number of halogens is 1. The molecule has 1 N–H and O–H groups in total. The average Bonchev–Trinajstić information content (AvgIpc) is 3.01. The molecule has 0 aliphatic carbocycles. The van der Waals surface area contributed by atoms with Gasteiger partial charge < -0.3 is 10.2 Å². The Bertz CT molecular complexity index is 601. The Morgan fingerprint density at radius 1 is 1.05 bits per heavy atom. The summed E-state index contributed by atoms with van der Waals surface area (Å²) < 4.78 is 13.1. The van der Waals surface area contributed by atoms with Crippen molar-refractivity contribution in [3.63, 3.8) is 0 Å². The first-order valence-corrected chi connectivity index (χ1v) is 7.56. The summed E-state index contributed by atoms with van der Waals surface area (Å²) in [6.45, 7) is 5.02. The summed E-state index contributed by atoms with van der Waals surface area (Å²) in [6, 6.07) is 13.6. The van der Waals surface area contributed by atoms with Crippen LogP contribution in [0.15, 0.2) is 42.5 Å². The van der Waals surface area contributed by atoms with Gasteiger partial charge in [0.25, 0.3) is 0 Å². The molecule has 2 nitrogen and oxygen atoms in total. The third-order valence-electron chi connectivity index (χ3n) is 4.08. The van der Waals surface area contributed by atoms with Crippen molar-refractivity contribution < 1.29 is 4.39 Å². The molecule has 110 valence electrons. The largest absolute Gasteiger partial charge is 0.381 e. The normalized spacial score (nSPS) is 14.5. The number of nitrogens with one attached hydrogen (secondary N) is 1. The molecule has 1 aliphatic heterocycles. The molecule has 2 aromatic carbocycles. The van der Waals surface area contributed by atoms with Crippen molar-refractivity contribution in [2.45, 2.75) is 26.3 Å². The Balaban J connectivity index is 1.62. The van der Waals surface area contributed by atoms with Crippen molar-refractivity contribution in [1.82, 2.24) is 0 Å². The summed E-state index contributed by atoms with van der Waals surface area (Å²) in [5.41, 5.74) is 4.47. The van der Waals surface area contributed by atoms with Crippen LogP contribution in [0.5, 0.6) is 0 Å². The second-order valence-electron chi connectivity index (χ2n) is 5.67. The number of aryl methyl sites for hydroxylation is 1. The van der Waals surface area contributed by atoms with Crippen molar-refractivity contribution in [1.29, 1.82) is 0 Å². The monoisotopic (exact) mass is 284 g/mol. The van der Waals surface area contributed by atoms with E-state index in [0.29, 0.717) is 0 Å². The second-order valence-corrected chi connectivity index (χ2v) is 5.67. The fraction of sp³-hybridized carbons (Fsp3) is 0.333. The predicted octanol–water partition coefficient (Wildman–Crippen LogP) is 4.35. The van der Waals surface area contributed by atoms with Gasteiger partial charge in [0.15, 0.2) is 0 Å². The Morgan fingerprint density at radius 3 is 2.43 bits per heavy atom. The fourth-order valence-electron chi connectivity index (χ4n) is 2.82. The lowest BCUT2D eigenvalue weighted by molar-refractivity contribution is 0.627. The number of rotatable bonds is 4. The molecule has 1 fully saturated rings. The minimum atomic E-state index is -0.187. The van der Waals surface area contributed by atoms with E-state index >= 15 is 0 Å². The summed E-state index contributed by atoms with van der Waals surface area (Å²) in [5, 5.41) is 3.37. The van der Waals surface area contributed by atoms with E-state index in [1.807, 2.05) is 6.92 Å². The van der Waals surface area contributed by atoms with Gasteiger partial charge in [0.1, 0.15) is 5.82 Å². The van der Waals surface area contributed by atoms with Crippen molar-refractivity contribution in [2.24, 2.45) is 0 Å². The second kappa shape index (κ2) is 6.17. The Kier molecular flexibility index (Phi) is 4.09. The lowest BCUT2D eigenvalue weighted by atomic mass is 10.1. The van der Waals surface area contributed by atoms with Crippen LogP contribution in [0.4, 0.5) is 15.8 Å². The Labute approximate surface area is 125 Å². The maximum atomic E-state index is 13.1. The highest BCUT2D eigenvalue weighted by Crippen LogP contribution is 2.21. The molecular formula is C18H21FN2. The molecule has 1 saturated heterocycles. The van der Waals surface area contributed by atoms with Crippen molar-refractivity contribution in [3.05, 3.63) is 59.4 Å². The van der Waals surface area contributed by atoms with E-state index in [2.05, 4.69) is 34.5 Å². The molecule has 0 amide bonds. The zero-order chi connectivity index (χ0) is 14.7. The van der Waals surface area contributed by atoms with Crippen LogP contribution in [0.25, 0.3) is 0 Å².